The van der Waals surface area contributed by atoms with E-state index in [0.717, 1.165) is 24.9 Å². The first-order valence-electron chi connectivity index (χ1n) is 7.23. The Hall–Kier alpha value is -1.88. The Morgan fingerprint density at radius 3 is 2.67 bits per heavy atom. The monoisotopic (exact) mass is 291 g/mol. The lowest BCUT2D eigenvalue weighted by molar-refractivity contribution is -0.134. The molecule has 1 saturated heterocycles. The maximum atomic E-state index is 12.2. The summed E-state index contributed by atoms with van der Waals surface area (Å²) in [7, 11) is 1.68. The minimum absolute atomic E-state index is 0.138. The number of carbonyl (C=O) groups is 2. The number of hydrogen-bond donors (Lipinski definition) is 1. The van der Waals surface area contributed by atoms with Crippen LogP contribution >= 0.6 is 0 Å². The minimum atomic E-state index is -0.934. The van der Waals surface area contributed by atoms with Crippen molar-refractivity contribution in [1.82, 2.24) is 4.90 Å². The molecule has 0 aliphatic carbocycles. The number of aromatic carboxylic acids is 1. The fourth-order valence-corrected chi connectivity index (χ4v) is 2.58. The number of piperidine rings is 1. The summed E-state index contributed by atoms with van der Waals surface area (Å²) >= 11 is 0. The van der Waals surface area contributed by atoms with E-state index >= 15 is 0 Å². The van der Waals surface area contributed by atoms with E-state index in [2.05, 4.69) is 0 Å². The van der Waals surface area contributed by atoms with Gasteiger partial charge in [-0.05, 0) is 37.0 Å². The molecule has 1 aromatic carbocycles. The summed E-state index contributed by atoms with van der Waals surface area (Å²) in [6.45, 7) is 1.48. The lowest BCUT2D eigenvalue weighted by Crippen LogP contribution is -2.42. The summed E-state index contributed by atoms with van der Waals surface area (Å²) in [6, 6.07) is 6.68. The summed E-state index contributed by atoms with van der Waals surface area (Å²) in [5.74, 6) is -0.796. The molecular weight excluding hydrogens is 270 g/mol. The maximum Gasteiger partial charge on any atom is 0.335 e. The first-order chi connectivity index (χ1) is 10.1. The number of carbonyl (C=O) groups excluding carboxylic acids is 1. The number of nitrogens with zero attached hydrogens (tertiary/aromatic N) is 1. The van der Waals surface area contributed by atoms with Gasteiger partial charge in [0.2, 0.25) is 5.91 Å². The smallest absolute Gasteiger partial charge is 0.335 e. The van der Waals surface area contributed by atoms with Crippen molar-refractivity contribution in [2.45, 2.75) is 31.8 Å². The SMILES string of the molecule is CO[C@H]1CCCN(C(=O)CCc2ccc(C(=O)O)cc2)C1. The summed E-state index contributed by atoms with van der Waals surface area (Å²) in [5.41, 5.74) is 1.25. The van der Waals surface area contributed by atoms with Gasteiger partial charge < -0.3 is 14.7 Å². The Morgan fingerprint density at radius 1 is 1.33 bits per heavy atom. The molecule has 1 amide bonds. The first-order valence-corrected chi connectivity index (χ1v) is 7.23. The second-order valence-corrected chi connectivity index (χ2v) is 5.34. The van der Waals surface area contributed by atoms with Crippen molar-refractivity contribution in [3.63, 3.8) is 0 Å². The Morgan fingerprint density at radius 2 is 2.05 bits per heavy atom. The van der Waals surface area contributed by atoms with Crippen molar-refractivity contribution < 1.29 is 19.4 Å². The molecule has 0 radical (unpaired) electrons. The van der Waals surface area contributed by atoms with Crippen LogP contribution in [0, 0.1) is 0 Å². The van der Waals surface area contributed by atoms with Gasteiger partial charge in [-0.2, -0.15) is 0 Å². The molecule has 1 aliphatic rings. The minimum Gasteiger partial charge on any atom is -0.478 e. The van der Waals surface area contributed by atoms with Gasteiger partial charge in [0.05, 0.1) is 11.7 Å². The average Bonchev–Trinajstić information content (AvgIpc) is 2.53. The van der Waals surface area contributed by atoms with Crippen molar-refractivity contribution in [2.75, 3.05) is 20.2 Å². The van der Waals surface area contributed by atoms with Crippen LogP contribution in [0.4, 0.5) is 0 Å². The Labute approximate surface area is 124 Å². The zero-order valence-electron chi connectivity index (χ0n) is 12.2. The third kappa shape index (κ3) is 4.29. The topological polar surface area (TPSA) is 66.8 Å². The van der Waals surface area contributed by atoms with Crippen molar-refractivity contribution >= 4 is 11.9 Å². The van der Waals surface area contributed by atoms with E-state index in [4.69, 9.17) is 9.84 Å². The molecule has 114 valence electrons. The number of ether oxygens (including phenoxy) is 1. The fourth-order valence-electron chi connectivity index (χ4n) is 2.58. The highest BCUT2D eigenvalue weighted by Gasteiger charge is 2.22. The molecule has 1 N–H and O–H groups in total. The molecule has 1 aromatic rings. The van der Waals surface area contributed by atoms with E-state index in [1.165, 1.54) is 0 Å². The molecular formula is C16H21NO4. The third-order valence-electron chi connectivity index (χ3n) is 3.89. The van der Waals surface area contributed by atoms with Gasteiger partial charge >= 0.3 is 5.97 Å². The molecule has 0 bridgehead atoms. The fraction of sp³-hybridized carbons (Fsp3) is 0.500. The van der Waals surface area contributed by atoms with Crippen LogP contribution in [0.1, 0.15) is 35.2 Å². The van der Waals surface area contributed by atoms with Crippen LogP contribution < -0.4 is 0 Å². The van der Waals surface area contributed by atoms with E-state index in [-0.39, 0.29) is 17.6 Å². The summed E-state index contributed by atoms with van der Waals surface area (Å²) < 4.78 is 5.32. The van der Waals surface area contributed by atoms with Crippen LogP contribution in [0.2, 0.25) is 0 Å². The van der Waals surface area contributed by atoms with Gasteiger partial charge in [0.25, 0.3) is 0 Å². The number of benzene rings is 1. The van der Waals surface area contributed by atoms with Gasteiger partial charge in [0.15, 0.2) is 0 Å². The van der Waals surface area contributed by atoms with Gasteiger partial charge in [-0.25, -0.2) is 4.79 Å². The predicted octanol–water partition coefficient (Wildman–Crippen LogP) is 1.95. The summed E-state index contributed by atoms with van der Waals surface area (Å²) in [4.78, 5) is 24.8. The first kappa shape index (κ1) is 15.5. The number of rotatable bonds is 5. The number of hydrogen-bond acceptors (Lipinski definition) is 3. The number of likely N-dealkylation sites (tertiary alicyclic amines) is 1. The highest BCUT2D eigenvalue weighted by Crippen LogP contribution is 2.15. The zero-order chi connectivity index (χ0) is 15.2. The molecule has 5 heteroatoms. The summed E-state index contributed by atoms with van der Waals surface area (Å²) in [5, 5.41) is 8.84. The molecule has 0 spiro atoms. The molecule has 1 aliphatic heterocycles. The standard InChI is InChI=1S/C16H21NO4/c1-21-14-3-2-10-17(11-14)15(18)9-6-12-4-7-13(8-5-12)16(19)20/h4-5,7-8,14H,2-3,6,9-11H2,1H3,(H,19,20)/t14-/m0/s1. The Kier molecular flexibility index (Phi) is 5.33. The molecule has 1 heterocycles. The molecule has 1 atom stereocenters. The van der Waals surface area contributed by atoms with Crippen LogP contribution in [0.15, 0.2) is 24.3 Å². The number of amides is 1. The van der Waals surface area contributed by atoms with Gasteiger partial charge in [-0.1, -0.05) is 12.1 Å². The van der Waals surface area contributed by atoms with Crippen molar-refractivity contribution in [1.29, 1.82) is 0 Å². The summed E-state index contributed by atoms with van der Waals surface area (Å²) in [6.07, 6.45) is 3.22. The molecule has 21 heavy (non-hydrogen) atoms. The quantitative estimate of drug-likeness (QED) is 0.900. The zero-order valence-corrected chi connectivity index (χ0v) is 12.2. The van der Waals surface area contributed by atoms with Crippen molar-refractivity contribution in [3.05, 3.63) is 35.4 Å². The number of aryl methyl sites for hydroxylation is 1. The highest BCUT2D eigenvalue weighted by molar-refractivity contribution is 5.87. The van der Waals surface area contributed by atoms with Crippen LogP contribution in [0.5, 0.6) is 0 Å². The number of methoxy groups -OCH3 is 1. The van der Waals surface area contributed by atoms with Crippen LogP contribution in [0.25, 0.3) is 0 Å². The molecule has 5 nitrogen and oxygen atoms in total. The van der Waals surface area contributed by atoms with Gasteiger partial charge in [0, 0.05) is 26.6 Å². The van der Waals surface area contributed by atoms with Gasteiger partial charge in [-0.3, -0.25) is 4.79 Å². The van der Waals surface area contributed by atoms with Crippen LogP contribution in [0.3, 0.4) is 0 Å². The van der Waals surface area contributed by atoms with Crippen molar-refractivity contribution in [3.8, 4) is 0 Å². The average molecular weight is 291 g/mol. The second-order valence-electron chi connectivity index (χ2n) is 5.34. The molecule has 2 rings (SSSR count). The van der Waals surface area contributed by atoms with E-state index in [1.807, 2.05) is 4.90 Å². The Bertz CT molecular complexity index is 498. The van der Waals surface area contributed by atoms with Crippen LogP contribution in [-0.2, 0) is 16.0 Å². The third-order valence-corrected chi connectivity index (χ3v) is 3.89. The van der Waals surface area contributed by atoms with Crippen molar-refractivity contribution in [2.24, 2.45) is 0 Å². The maximum absolute atomic E-state index is 12.2. The lowest BCUT2D eigenvalue weighted by Gasteiger charge is -2.32. The molecule has 0 unspecified atom stereocenters. The predicted molar refractivity (Wildman–Crippen MR) is 78.3 cm³/mol. The second kappa shape index (κ2) is 7.22. The van der Waals surface area contributed by atoms with E-state index in [1.54, 1.807) is 31.4 Å². The number of carboxylic acid groups (broad SMARTS) is 1. The van der Waals surface area contributed by atoms with Gasteiger partial charge in [0.1, 0.15) is 0 Å². The largest absolute Gasteiger partial charge is 0.478 e. The van der Waals surface area contributed by atoms with Gasteiger partial charge in [-0.15, -0.1) is 0 Å². The molecule has 0 saturated carbocycles. The van der Waals surface area contributed by atoms with Crippen LogP contribution in [-0.4, -0.2) is 48.2 Å². The Balaban J connectivity index is 1.84. The normalized spacial score (nSPS) is 18.5. The number of carboxylic acids is 1. The highest BCUT2D eigenvalue weighted by atomic mass is 16.5. The van der Waals surface area contributed by atoms with E-state index in [9.17, 15) is 9.59 Å². The molecule has 1 fully saturated rings. The molecule has 0 aromatic heterocycles. The lowest BCUT2D eigenvalue weighted by atomic mass is 10.0. The van der Waals surface area contributed by atoms with E-state index in [0.29, 0.717) is 19.4 Å². The van der Waals surface area contributed by atoms with E-state index < -0.39 is 5.97 Å².